The average Bonchev–Trinajstić information content (AvgIpc) is 2.49. The first kappa shape index (κ1) is 14.5. The molecule has 20 heavy (non-hydrogen) atoms. The van der Waals surface area contributed by atoms with Crippen molar-refractivity contribution in [3.05, 3.63) is 83.9 Å². The summed E-state index contributed by atoms with van der Waals surface area (Å²) in [4.78, 5) is 0. The van der Waals surface area contributed by atoms with Crippen LogP contribution < -0.4 is 5.32 Å². The first-order valence-corrected chi connectivity index (χ1v) is 6.89. The lowest BCUT2D eigenvalue weighted by Crippen LogP contribution is -2.19. The molecule has 2 N–H and O–H groups in total. The van der Waals surface area contributed by atoms with Gasteiger partial charge in [-0.15, -0.1) is 0 Å². The van der Waals surface area contributed by atoms with E-state index in [2.05, 4.69) is 17.4 Å². The van der Waals surface area contributed by atoms with Gasteiger partial charge in [-0.2, -0.15) is 0 Å². The molecule has 1 atom stereocenters. The summed E-state index contributed by atoms with van der Waals surface area (Å²) in [6.45, 7) is 3.37. The van der Waals surface area contributed by atoms with E-state index in [1.807, 2.05) is 60.7 Å². The van der Waals surface area contributed by atoms with E-state index in [9.17, 15) is 5.11 Å². The monoisotopic (exact) mass is 267 g/mol. The molecule has 0 heterocycles. The van der Waals surface area contributed by atoms with E-state index in [4.69, 9.17) is 0 Å². The maximum Gasteiger partial charge on any atom is 0.105 e. The highest BCUT2D eigenvalue weighted by Crippen LogP contribution is 2.21. The molecular formula is C18H21NO. The standard InChI is InChI=1S/C18H21NO/c1-18(20,17-11-6-3-7-12-17)13-8-14-19-15-16-9-4-2-5-10-16/h2-13,19-20H,14-15H2,1H3/b13-8+. The molecule has 0 aliphatic carbocycles. The van der Waals surface area contributed by atoms with Crippen LogP contribution in [-0.2, 0) is 12.1 Å². The molecule has 0 saturated heterocycles. The molecule has 2 aromatic carbocycles. The summed E-state index contributed by atoms with van der Waals surface area (Å²) in [7, 11) is 0. The highest BCUT2D eigenvalue weighted by molar-refractivity contribution is 5.26. The minimum absolute atomic E-state index is 0.734. The topological polar surface area (TPSA) is 32.3 Å². The van der Waals surface area contributed by atoms with E-state index in [1.54, 1.807) is 6.92 Å². The van der Waals surface area contributed by atoms with E-state index in [-0.39, 0.29) is 0 Å². The maximum atomic E-state index is 10.4. The lowest BCUT2D eigenvalue weighted by molar-refractivity contribution is 0.111. The molecule has 104 valence electrons. The molecule has 2 nitrogen and oxygen atoms in total. The number of rotatable bonds is 6. The largest absolute Gasteiger partial charge is 0.381 e. The molecule has 0 amide bonds. The van der Waals surface area contributed by atoms with E-state index in [1.165, 1.54) is 5.56 Å². The fourth-order valence-corrected chi connectivity index (χ4v) is 2.06. The lowest BCUT2D eigenvalue weighted by Gasteiger charge is -2.19. The zero-order valence-electron chi connectivity index (χ0n) is 11.8. The van der Waals surface area contributed by atoms with Crippen molar-refractivity contribution in [2.75, 3.05) is 6.54 Å². The Balaban J connectivity index is 1.81. The summed E-state index contributed by atoms with van der Waals surface area (Å²) in [6, 6.07) is 20.0. The van der Waals surface area contributed by atoms with Gasteiger partial charge in [0.15, 0.2) is 0 Å². The summed E-state index contributed by atoms with van der Waals surface area (Å²) in [5.41, 5.74) is 1.24. The average molecular weight is 267 g/mol. The van der Waals surface area contributed by atoms with Crippen LogP contribution in [0.2, 0.25) is 0 Å². The van der Waals surface area contributed by atoms with Gasteiger partial charge in [-0.1, -0.05) is 72.8 Å². The van der Waals surface area contributed by atoms with Crippen molar-refractivity contribution < 1.29 is 5.11 Å². The molecule has 0 aliphatic rings. The molecular weight excluding hydrogens is 246 g/mol. The summed E-state index contributed by atoms with van der Waals surface area (Å²) in [5.74, 6) is 0. The molecule has 2 rings (SSSR count). The van der Waals surface area contributed by atoms with Crippen molar-refractivity contribution in [3.63, 3.8) is 0 Å². The number of aliphatic hydroxyl groups is 1. The van der Waals surface area contributed by atoms with E-state index < -0.39 is 5.60 Å². The van der Waals surface area contributed by atoms with Crippen molar-refractivity contribution in [3.8, 4) is 0 Å². The highest BCUT2D eigenvalue weighted by atomic mass is 16.3. The zero-order chi connectivity index (χ0) is 14.3. The summed E-state index contributed by atoms with van der Waals surface area (Å²) >= 11 is 0. The highest BCUT2D eigenvalue weighted by Gasteiger charge is 2.17. The Morgan fingerprint density at radius 1 is 1.00 bits per heavy atom. The van der Waals surface area contributed by atoms with Crippen LogP contribution in [0.4, 0.5) is 0 Å². The molecule has 0 radical (unpaired) electrons. The Labute approximate surface area is 120 Å². The second-order valence-electron chi connectivity index (χ2n) is 5.03. The quantitative estimate of drug-likeness (QED) is 0.622. The third kappa shape index (κ3) is 4.34. The molecule has 2 aromatic rings. The predicted octanol–water partition coefficient (Wildman–Crippen LogP) is 3.24. The van der Waals surface area contributed by atoms with Crippen molar-refractivity contribution >= 4 is 0 Å². The maximum absolute atomic E-state index is 10.4. The molecule has 0 bridgehead atoms. The Morgan fingerprint density at radius 2 is 1.60 bits per heavy atom. The van der Waals surface area contributed by atoms with E-state index >= 15 is 0 Å². The predicted molar refractivity (Wildman–Crippen MR) is 83.3 cm³/mol. The molecule has 2 heteroatoms. The van der Waals surface area contributed by atoms with Gasteiger partial charge in [0.2, 0.25) is 0 Å². The van der Waals surface area contributed by atoms with Crippen molar-refractivity contribution in [2.45, 2.75) is 19.1 Å². The molecule has 0 aromatic heterocycles. The first-order chi connectivity index (χ1) is 9.68. The third-order valence-corrected chi connectivity index (χ3v) is 3.23. The van der Waals surface area contributed by atoms with Crippen LogP contribution in [0.3, 0.4) is 0 Å². The fourth-order valence-electron chi connectivity index (χ4n) is 2.06. The second-order valence-corrected chi connectivity index (χ2v) is 5.03. The molecule has 1 unspecified atom stereocenters. The first-order valence-electron chi connectivity index (χ1n) is 6.89. The van der Waals surface area contributed by atoms with E-state index in [0.717, 1.165) is 18.7 Å². The fraction of sp³-hybridized carbons (Fsp3) is 0.222. The molecule has 0 spiro atoms. The van der Waals surface area contributed by atoms with Crippen LogP contribution in [0.1, 0.15) is 18.1 Å². The smallest absolute Gasteiger partial charge is 0.105 e. The van der Waals surface area contributed by atoms with Crippen molar-refractivity contribution in [1.82, 2.24) is 5.32 Å². The van der Waals surface area contributed by atoms with Crippen molar-refractivity contribution in [1.29, 1.82) is 0 Å². The van der Waals surface area contributed by atoms with Crippen LogP contribution in [-0.4, -0.2) is 11.7 Å². The Kier molecular flexibility index (Phi) is 5.10. The van der Waals surface area contributed by atoms with Gasteiger partial charge in [-0.25, -0.2) is 0 Å². The second kappa shape index (κ2) is 7.04. The minimum atomic E-state index is -0.921. The number of hydrogen-bond acceptors (Lipinski definition) is 2. The summed E-state index contributed by atoms with van der Waals surface area (Å²) in [5, 5.41) is 13.7. The van der Waals surface area contributed by atoms with E-state index in [0.29, 0.717) is 0 Å². The minimum Gasteiger partial charge on any atom is -0.381 e. The van der Waals surface area contributed by atoms with Crippen LogP contribution in [0.15, 0.2) is 72.8 Å². The van der Waals surface area contributed by atoms with Gasteiger partial charge in [0.05, 0.1) is 0 Å². The van der Waals surface area contributed by atoms with Gasteiger partial charge in [0.1, 0.15) is 5.60 Å². The number of benzene rings is 2. The summed E-state index contributed by atoms with van der Waals surface area (Å²) in [6.07, 6.45) is 3.80. The molecule has 0 fully saturated rings. The van der Waals surface area contributed by atoms with Gasteiger partial charge in [-0.05, 0) is 18.1 Å². The number of hydrogen-bond donors (Lipinski definition) is 2. The zero-order valence-corrected chi connectivity index (χ0v) is 11.8. The van der Waals surface area contributed by atoms with Crippen LogP contribution in [0, 0.1) is 0 Å². The van der Waals surface area contributed by atoms with Gasteiger partial charge in [-0.3, -0.25) is 0 Å². The van der Waals surface area contributed by atoms with Crippen molar-refractivity contribution in [2.24, 2.45) is 0 Å². The van der Waals surface area contributed by atoms with Crippen LogP contribution in [0.5, 0.6) is 0 Å². The van der Waals surface area contributed by atoms with Crippen LogP contribution in [0.25, 0.3) is 0 Å². The molecule has 0 saturated carbocycles. The van der Waals surface area contributed by atoms with Gasteiger partial charge in [0, 0.05) is 13.1 Å². The van der Waals surface area contributed by atoms with Gasteiger partial charge in [0.25, 0.3) is 0 Å². The summed E-state index contributed by atoms with van der Waals surface area (Å²) < 4.78 is 0. The van der Waals surface area contributed by atoms with Gasteiger partial charge >= 0.3 is 0 Å². The third-order valence-electron chi connectivity index (χ3n) is 3.23. The number of nitrogens with one attached hydrogen (secondary N) is 1. The Bertz CT molecular complexity index is 532. The normalized spacial score (nSPS) is 14.3. The SMILES string of the molecule is CC(O)(/C=C/CNCc1ccccc1)c1ccccc1. The Morgan fingerprint density at radius 3 is 2.25 bits per heavy atom. The van der Waals surface area contributed by atoms with Crippen LogP contribution >= 0.6 is 0 Å². The lowest BCUT2D eigenvalue weighted by atomic mass is 9.96. The Hall–Kier alpha value is -1.90. The molecule has 0 aliphatic heterocycles. The van der Waals surface area contributed by atoms with Gasteiger partial charge < -0.3 is 10.4 Å².